The third-order valence-electron chi connectivity index (χ3n) is 3.64. The van der Waals surface area contributed by atoms with Gasteiger partial charge < -0.3 is 9.64 Å². The number of carbonyl (C=O) groups is 1. The molecule has 0 saturated carbocycles. The number of amides is 1. The Labute approximate surface area is 103 Å². The lowest BCUT2D eigenvalue weighted by molar-refractivity contribution is -0.131. The minimum absolute atomic E-state index is 0.0147. The lowest BCUT2D eigenvalue weighted by Gasteiger charge is -2.33. The molecule has 98 valence electrons. The van der Waals surface area contributed by atoms with Crippen LogP contribution in [0.15, 0.2) is 0 Å². The summed E-state index contributed by atoms with van der Waals surface area (Å²) in [6.45, 7) is 9.39. The quantitative estimate of drug-likeness (QED) is 0.745. The fraction of sp³-hybridized carbons (Fsp3) is 0.917. The molecular formula is C12H23N3O2. The standard InChI is InChI=1S/C12H23N3O2/c1-3-11-12(16)15(9-13-11)8-10-7-14(4-2)5-6-17-10/h10-11,13H,3-9H2,1-2H3. The molecule has 2 unspecified atom stereocenters. The van der Waals surface area contributed by atoms with Gasteiger partial charge in [0, 0.05) is 19.6 Å². The van der Waals surface area contributed by atoms with Crippen LogP contribution in [-0.4, -0.2) is 67.3 Å². The summed E-state index contributed by atoms with van der Waals surface area (Å²) in [5.41, 5.74) is 0. The minimum Gasteiger partial charge on any atom is -0.374 e. The van der Waals surface area contributed by atoms with Gasteiger partial charge in [0.25, 0.3) is 0 Å². The summed E-state index contributed by atoms with van der Waals surface area (Å²) in [5, 5.41) is 3.23. The molecule has 2 aliphatic heterocycles. The third kappa shape index (κ3) is 2.97. The molecule has 17 heavy (non-hydrogen) atoms. The molecule has 2 aliphatic rings. The molecule has 0 aliphatic carbocycles. The molecule has 2 rings (SSSR count). The van der Waals surface area contributed by atoms with Gasteiger partial charge >= 0.3 is 0 Å². The summed E-state index contributed by atoms with van der Waals surface area (Å²) in [4.78, 5) is 16.2. The molecule has 2 saturated heterocycles. The monoisotopic (exact) mass is 241 g/mol. The Morgan fingerprint density at radius 2 is 2.29 bits per heavy atom. The van der Waals surface area contributed by atoms with Crippen molar-refractivity contribution in [3.05, 3.63) is 0 Å². The zero-order chi connectivity index (χ0) is 12.3. The van der Waals surface area contributed by atoms with Crippen LogP contribution in [0.5, 0.6) is 0 Å². The fourth-order valence-electron chi connectivity index (χ4n) is 2.50. The highest BCUT2D eigenvalue weighted by Crippen LogP contribution is 2.11. The molecule has 0 aromatic rings. The van der Waals surface area contributed by atoms with Gasteiger partial charge in [-0.1, -0.05) is 13.8 Å². The summed E-state index contributed by atoms with van der Waals surface area (Å²) in [7, 11) is 0. The van der Waals surface area contributed by atoms with Crippen molar-refractivity contribution in [2.24, 2.45) is 0 Å². The fourth-order valence-corrected chi connectivity index (χ4v) is 2.50. The van der Waals surface area contributed by atoms with Gasteiger partial charge in [0.05, 0.1) is 25.4 Å². The normalized spacial score (nSPS) is 31.2. The number of ether oxygens (including phenoxy) is 1. The minimum atomic E-state index is 0.0147. The van der Waals surface area contributed by atoms with E-state index >= 15 is 0 Å². The van der Waals surface area contributed by atoms with Crippen LogP contribution in [-0.2, 0) is 9.53 Å². The number of hydrogen-bond acceptors (Lipinski definition) is 4. The first kappa shape index (κ1) is 12.8. The number of likely N-dealkylation sites (N-methyl/N-ethyl adjacent to an activating group) is 1. The second kappa shape index (κ2) is 5.80. The van der Waals surface area contributed by atoms with Crippen molar-refractivity contribution in [3.8, 4) is 0 Å². The molecule has 0 radical (unpaired) electrons. The summed E-state index contributed by atoms with van der Waals surface area (Å²) >= 11 is 0. The molecule has 2 fully saturated rings. The zero-order valence-corrected chi connectivity index (χ0v) is 10.8. The van der Waals surface area contributed by atoms with Gasteiger partial charge in [-0.25, -0.2) is 0 Å². The molecular weight excluding hydrogens is 218 g/mol. The number of hydrogen-bond donors (Lipinski definition) is 1. The molecule has 1 N–H and O–H groups in total. The number of rotatable bonds is 4. The van der Waals surface area contributed by atoms with Crippen molar-refractivity contribution >= 4 is 5.91 Å². The Balaban J connectivity index is 1.83. The summed E-state index contributed by atoms with van der Waals surface area (Å²) in [6.07, 6.45) is 1.03. The van der Waals surface area contributed by atoms with E-state index in [0.29, 0.717) is 6.67 Å². The lowest BCUT2D eigenvalue weighted by atomic mass is 10.2. The first-order valence-electron chi connectivity index (χ1n) is 6.60. The highest BCUT2D eigenvalue weighted by atomic mass is 16.5. The van der Waals surface area contributed by atoms with Crippen molar-refractivity contribution in [1.29, 1.82) is 0 Å². The molecule has 2 atom stereocenters. The van der Waals surface area contributed by atoms with Crippen molar-refractivity contribution in [1.82, 2.24) is 15.1 Å². The van der Waals surface area contributed by atoms with Crippen molar-refractivity contribution in [2.75, 3.05) is 39.5 Å². The Morgan fingerprint density at radius 1 is 1.47 bits per heavy atom. The summed E-state index contributed by atoms with van der Waals surface area (Å²) in [6, 6.07) is 0.0147. The highest BCUT2D eigenvalue weighted by molar-refractivity contribution is 5.83. The smallest absolute Gasteiger partial charge is 0.240 e. The van der Waals surface area contributed by atoms with E-state index in [1.807, 2.05) is 11.8 Å². The molecule has 2 heterocycles. The molecule has 0 aromatic carbocycles. The SMILES string of the molecule is CCC1NCN(CC2CN(CC)CCO2)C1=O. The van der Waals surface area contributed by atoms with E-state index in [2.05, 4.69) is 17.1 Å². The van der Waals surface area contributed by atoms with Crippen molar-refractivity contribution in [3.63, 3.8) is 0 Å². The first-order chi connectivity index (χ1) is 8.24. The van der Waals surface area contributed by atoms with Crippen LogP contribution >= 0.6 is 0 Å². The van der Waals surface area contributed by atoms with E-state index in [1.54, 1.807) is 0 Å². The Hall–Kier alpha value is -0.650. The van der Waals surface area contributed by atoms with E-state index in [9.17, 15) is 4.79 Å². The second-order valence-electron chi connectivity index (χ2n) is 4.77. The maximum Gasteiger partial charge on any atom is 0.240 e. The summed E-state index contributed by atoms with van der Waals surface area (Å²) < 4.78 is 5.73. The van der Waals surface area contributed by atoms with Gasteiger partial charge in [-0.3, -0.25) is 15.0 Å². The maximum absolute atomic E-state index is 12.0. The van der Waals surface area contributed by atoms with Gasteiger partial charge in [0.2, 0.25) is 5.91 Å². The topological polar surface area (TPSA) is 44.8 Å². The van der Waals surface area contributed by atoms with Gasteiger partial charge in [0.15, 0.2) is 0 Å². The highest BCUT2D eigenvalue weighted by Gasteiger charge is 2.32. The Morgan fingerprint density at radius 3 is 2.94 bits per heavy atom. The van der Waals surface area contributed by atoms with Crippen LogP contribution in [0.25, 0.3) is 0 Å². The van der Waals surface area contributed by atoms with Crippen LogP contribution < -0.4 is 5.32 Å². The van der Waals surface area contributed by atoms with Crippen LogP contribution in [0.3, 0.4) is 0 Å². The molecule has 1 amide bonds. The molecule has 0 aromatic heterocycles. The van der Waals surface area contributed by atoms with Crippen LogP contribution in [0, 0.1) is 0 Å². The lowest BCUT2D eigenvalue weighted by Crippen LogP contribution is -2.48. The van der Waals surface area contributed by atoms with Gasteiger partial charge in [-0.2, -0.15) is 0 Å². The summed E-state index contributed by atoms with van der Waals surface area (Å²) in [5.74, 6) is 0.227. The van der Waals surface area contributed by atoms with E-state index < -0.39 is 0 Å². The molecule has 0 bridgehead atoms. The number of nitrogens with one attached hydrogen (secondary N) is 1. The predicted octanol–water partition coefficient (Wildman–Crippen LogP) is -0.125. The van der Waals surface area contributed by atoms with Crippen molar-refractivity contribution < 1.29 is 9.53 Å². The average Bonchev–Trinajstić information content (AvgIpc) is 2.71. The van der Waals surface area contributed by atoms with Gasteiger partial charge in [-0.05, 0) is 13.0 Å². The van der Waals surface area contributed by atoms with Crippen LogP contribution in [0.2, 0.25) is 0 Å². The van der Waals surface area contributed by atoms with Crippen molar-refractivity contribution in [2.45, 2.75) is 32.4 Å². The third-order valence-corrected chi connectivity index (χ3v) is 3.64. The number of morpholine rings is 1. The molecule has 5 nitrogen and oxygen atoms in total. The van der Waals surface area contributed by atoms with Crippen LogP contribution in [0.4, 0.5) is 0 Å². The zero-order valence-electron chi connectivity index (χ0n) is 10.8. The van der Waals surface area contributed by atoms with Gasteiger partial charge in [-0.15, -0.1) is 0 Å². The largest absolute Gasteiger partial charge is 0.374 e. The number of nitrogens with zero attached hydrogens (tertiary/aromatic N) is 2. The van der Waals surface area contributed by atoms with Crippen LogP contribution in [0.1, 0.15) is 20.3 Å². The Kier molecular flexibility index (Phi) is 4.36. The average molecular weight is 241 g/mol. The first-order valence-corrected chi connectivity index (χ1v) is 6.60. The van der Waals surface area contributed by atoms with E-state index in [-0.39, 0.29) is 18.1 Å². The Bertz CT molecular complexity index is 272. The van der Waals surface area contributed by atoms with E-state index in [4.69, 9.17) is 4.74 Å². The number of carbonyl (C=O) groups excluding carboxylic acids is 1. The second-order valence-corrected chi connectivity index (χ2v) is 4.77. The molecule has 5 heteroatoms. The molecule has 0 spiro atoms. The van der Waals surface area contributed by atoms with E-state index in [1.165, 1.54) is 0 Å². The van der Waals surface area contributed by atoms with E-state index in [0.717, 1.165) is 39.2 Å². The predicted molar refractivity (Wildman–Crippen MR) is 65.6 cm³/mol. The maximum atomic E-state index is 12.0. The van der Waals surface area contributed by atoms with Gasteiger partial charge in [0.1, 0.15) is 0 Å².